The van der Waals surface area contributed by atoms with E-state index in [9.17, 15) is 5.11 Å². The van der Waals surface area contributed by atoms with E-state index in [1.807, 2.05) is 25.1 Å². The summed E-state index contributed by atoms with van der Waals surface area (Å²) in [6.45, 7) is 5.96. The topological polar surface area (TPSA) is 68.4 Å². The Morgan fingerprint density at radius 1 is 1.40 bits per heavy atom. The van der Waals surface area contributed by atoms with Crippen LogP contribution in [0.3, 0.4) is 0 Å². The van der Waals surface area contributed by atoms with Gasteiger partial charge in [0.1, 0.15) is 5.75 Å². The third-order valence-corrected chi connectivity index (χ3v) is 2.95. The van der Waals surface area contributed by atoms with Crippen molar-refractivity contribution in [3.05, 3.63) is 41.0 Å². The van der Waals surface area contributed by atoms with Gasteiger partial charge in [-0.1, -0.05) is 24.2 Å². The first-order valence-corrected chi connectivity index (χ1v) is 6.83. The van der Waals surface area contributed by atoms with Gasteiger partial charge in [-0.2, -0.15) is 4.98 Å². The second kappa shape index (κ2) is 6.52. The van der Waals surface area contributed by atoms with Gasteiger partial charge in [0, 0.05) is 12.0 Å². The fourth-order valence-corrected chi connectivity index (χ4v) is 1.93. The van der Waals surface area contributed by atoms with Crippen molar-refractivity contribution in [2.24, 2.45) is 0 Å². The van der Waals surface area contributed by atoms with Crippen molar-refractivity contribution in [1.82, 2.24) is 10.1 Å². The van der Waals surface area contributed by atoms with E-state index in [4.69, 9.17) is 9.26 Å². The molecule has 1 aromatic heterocycles. The Morgan fingerprint density at radius 3 is 2.90 bits per heavy atom. The highest BCUT2D eigenvalue weighted by Crippen LogP contribution is 2.26. The number of benzene rings is 1. The molecular weight excluding hydrogens is 256 g/mol. The predicted octanol–water partition coefficient (Wildman–Crippen LogP) is 2.96. The molecular formula is C15H20N2O3. The van der Waals surface area contributed by atoms with Crippen molar-refractivity contribution >= 4 is 0 Å². The van der Waals surface area contributed by atoms with Crippen LogP contribution in [0.25, 0.3) is 0 Å². The van der Waals surface area contributed by atoms with E-state index in [1.165, 1.54) is 0 Å². The molecule has 2 rings (SSSR count). The lowest BCUT2D eigenvalue weighted by atomic mass is 10.1. The van der Waals surface area contributed by atoms with E-state index in [0.29, 0.717) is 17.5 Å². The zero-order valence-corrected chi connectivity index (χ0v) is 12.1. The van der Waals surface area contributed by atoms with E-state index in [0.717, 1.165) is 24.0 Å². The first-order valence-electron chi connectivity index (χ1n) is 6.83. The first-order chi connectivity index (χ1) is 9.60. The summed E-state index contributed by atoms with van der Waals surface area (Å²) in [7, 11) is 0. The molecule has 1 heterocycles. The molecule has 0 bridgehead atoms. The lowest BCUT2D eigenvalue weighted by Gasteiger charge is -2.13. The molecule has 2 aromatic rings. The summed E-state index contributed by atoms with van der Waals surface area (Å²) < 4.78 is 10.8. The Balaban J connectivity index is 2.07. The molecule has 0 spiro atoms. The van der Waals surface area contributed by atoms with Gasteiger partial charge in [0.25, 0.3) is 5.89 Å². The average molecular weight is 276 g/mol. The van der Waals surface area contributed by atoms with Crippen LogP contribution in [0.5, 0.6) is 5.75 Å². The summed E-state index contributed by atoms with van der Waals surface area (Å²) in [5.41, 5.74) is 1.82. The number of hydrogen-bond acceptors (Lipinski definition) is 5. The number of hydrogen-bond donors (Lipinski definition) is 1. The van der Waals surface area contributed by atoms with Gasteiger partial charge in [-0.25, -0.2) is 0 Å². The van der Waals surface area contributed by atoms with E-state index in [-0.39, 0.29) is 6.61 Å². The van der Waals surface area contributed by atoms with Crippen LogP contribution in [-0.4, -0.2) is 15.2 Å². The highest BCUT2D eigenvalue weighted by Gasteiger charge is 2.12. The molecule has 1 aromatic carbocycles. The van der Waals surface area contributed by atoms with Crippen LogP contribution < -0.4 is 4.74 Å². The van der Waals surface area contributed by atoms with Crippen molar-refractivity contribution in [3.8, 4) is 5.75 Å². The van der Waals surface area contributed by atoms with Crippen LogP contribution in [0, 0.1) is 6.92 Å². The third-order valence-electron chi connectivity index (χ3n) is 2.95. The number of rotatable bonds is 6. The highest BCUT2D eigenvalue weighted by molar-refractivity contribution is 5.38. The number of aryl methyl sites for hydroxylation is 2. The van der Waals surface area contributed by atoms with Crippen molar-refractivity contribution in [2.75, 3.05) is 0 Å². The molecule has 0 saturated heterocycles. The van der Waals surface area contributed by atoms with Crippen LogP contribution in [-0.2, 0) is 13.0 Å². The summed E-state index contributed by atoms with van der Waals surface area (Å²) in [4.78, 5) is 4.25. The van der Waals surface area contributed by atoms with Crippen molar-refractivity contribution in [1.29, 1.82) is 0 Å². The molecule has 1 atom stereocenters. The monoisotopic (exact) mass is 276 g/mol. The second-order valence-corrected chi connectivity index (χ2v) is 4.86. The molecule has 0 amide bonds. The van der Waals surface area contributed by atoms with E-state index in [1.54, 1.807) is 6.92 Å². The molecule has 0 unspecified atom stereocenters. The summed E-state index contributed by atoms with van der Waals surface area (Å²) in [5.74, 6) is 1.80. The number of ether oxygens (including phenoxy) is 1. The Hall–Kier alpha value is -1.88. The minimum absolute atomic E-state index is 0.208. The normalized spacial score (nSPS) is 12.4. The number of aliphatic hydroxyl groups excluding tert-OH is 1. The molecule has 0 aliphatic rings. The van der Waals surface area contributed by atoms with Gasteiger partial charge in [0.2, 0.25) is 0 Å². The number of nitrogens with zero attached hydrogens (tertiary/aromatic N) is 2. The summed E-state index contributed by atoms with van der Waals surface area (Å²) in [6.07, 6.45) is 1.19. The highest BCUT2D eigenvalue weighted by atomic mass is 16.5. The Morgan fingerprint density at radius 2 is 2.20 bits per heavy atom. The fraction of sp³-hybridized carbons (Fsp3) is 0.467. The maximum atomic E-state index is 9.74. The standard InChI is InChI=1S/C15H20N2O3/c1-4-5-14-16-15(20-17-14)9-19-13-8-10(2)6-7-12(13)11(3)18/h6-8,11,18H,4-5,9H2,1-3H3/t11-/m0/s1. The van der Waals surface area contributed by atoms with Crippen LogP contribution in [0.15, 0.2) is 22.7 Å². The first kappa shape index (κ1) is 14.5. The Kier molecular flexibility index (Phi) is 4.74. The quantitative estimate of drug-likeness (QED) is 0.878. The minimum Gasteiger partial charge on any atom is -0.483 e. The number of aromatic nitrogens is 2. The molecule has 0 radical (unpaired) electrons. The fourth-order valence-electron chi connectivity index (χ4n) is 1.93. The minimum atomic E-state index is -0.580. The lowest BCUT2D eigenvalue weighted by Crippen LogP contribution is -2.02. The molecule has 5 heteroatoms. The van der Waals surface area contributed by atoms with Crippen LogP contribution >= 0.6 is 0 Å². The maximum Gasteiger partial charge on any atom is 0.264 e. The molecule has 20 heavy (non-hydrogen) atoms. The van der Waals surface area contributed by atoms with Crippen LogP contribution in [0.2, 0.25) is 0 Å². The maximum absolute atomic E-state index is 9.74. The average Bonchev–Trinajstić information content (AvgIpc) is 2.84. The van der Waals surface area contributed by atoms with E-state index >= 15 is 0 Å². The molecule has 0 aliphatic heterocycles. The molecule has 1 N–H and O–H groups in total. The Bertz CT molecular complexity index is 564. The van der Waals surface area contributed by atoms with Gasteiger partial charge in [-0.05, 0) is 31.9 Å². The molecule has 5 nitrogen and oxygen atoms in total. The third kappa shape index (κ3) is 3.57. The largest absolute Gasteiger partial charge is 0.483 e. The molecule has 0 aliphatic carbocycles. The van der Waals surface area contributed by atoms with Gasteiger partial charge in [0.05, 0.1) is 6.10 Å². The lowest BCUT2D eigenvalue weighted by molar-refractivity contribution is 0.185. The van der Waals surface area contributed by atoms with Gasteiger partial charge in [0.15, 0.2) is 12.4 Å². The van der Waals surface area contributed by atoms with Gasteiger partial charge in [-0.3, -0.25) is 0 Å². The summed E-state index contributed by atoms with van der Waals surface area (Å²) in [6, 6.07) is 5.71. The predicted molar refractivity (Wildman–Crippen MR) is 74.4 cm³/mol. The summed E-state index contributed by atoms with van der Waals surface area (Å²) in [5, 5.41) is 13.6. The Labute approximate surface area is 118 Å². The van der Waals surface area contributed by atoms with Crippen molar-refractivity contribution in [3.63, 3.8) is 0 Å². The summed E-state index contributed by atoms with van der Waals surface area (Å²) >= 11 is 0. The van der Waals surface area contributed by atoms with Gasteiger partial charge < -0.3 is 14.4 Å². The SMILES string of the molecule is CCCc1noc(COc2cc(C)ccc2[C@H](C)O)n1. The molecule has 0 fully saturated rings. The molecule has 0 saturated carbocycles. The van der Waals surface area contributed by atoms with E-state index < -0.39 is 6.10 Å². The van der Waals surface area contributed by atoms with E-state index in [2.05, 4.69) is 17.1 Å². The number of aliphatic hydroxyl groups is 1. The van der Waals surface area contributed by atoms with Crippen LogP contribution in [0.4, 0.5) is 0 Å². The smallest absolute Gasteiger partial charge is 0.264 e. The second-order valence-electron chi connectivity index (χ2n) is 4.86. The van der Waals surface area contributed by atoms with Crippen molar-refractivity contribution < 1.29 is 14.4 Å². The van der Waals surface area contributed by atoms with Gasteiger partial charge in [-0.15, -0.1) is 0 Å². The van der Waals surface area contributed by atoms with Crippen molar-refractivity contribution in [2.45, 2.75) is 46.3 Å². The molecule has 108 valence electrons. The zero-order chi connectivity index (χ0) is 14.5. The van der Waals surface area contributed by atoms with Crippen LogP contribution in [0.1, 0.15) is 49.2 Å². The van der Waals surface area contributed by atoms with Gasteiger partial charge >= 0.3 is 0 Å². The zero-order valence-electron chi connectivity index (χ0n) is 12.1.